The summed E-state index contributed by atoms with van der Waals surface area (Å²) in [5.41, 5.74) is 8.36. The fraction of sp³-hybridized carbons (Fsp3) is 0.0263. The number of nitrogens with zero attached hydrogens (tertiary/aromatic N) is 1. The fourth-order valence-corrected chi connectivity index (χ4v) is 7.93. The van der Waals surface area contributed by atoms with E-state index in [0.717, 1.165) is 71.7 Å². The maximum atomic E-state index is 14.4. The highest BCUT2D eigenvalue weighted by molar-refractivity contribution is 6.23. The molecule has 0 fully saturated rings. The van der Waals surface area contributed by atoms with Crippen LogP contribution in [-0.2, 0) is 5.41 Å². The Morgan fingerprint density at radius 3 is 1.78 bits per heavy atom. The van der Waals surface area contributed by atoms with Crippen molar-refractivity contribution < 1.29 is 4.74 Å². The smallest absolute Gasteiger partial charge is 0.263 e. The average molecular weight is 524 g/mol. The summed E-state index contributed by atoms with van der Waals surface area (Å²) < 4.78 is 8.49. The lowest BCUT2D eigenvalue weighted by atomic mass is 9.66. The summed E-state index contributed by atoms with van der Waals surface area (Å²) in [6.07, 6.45) is 0. The van der Waals surface area contributed by atoms with Gasteiger partial charge in [-0.3, -0.25) is 9.20 Å². The first-order valence-corrected chi connectivity index (χ1v) is 14.0. The minimum atomic E-state index is -0.569. The first-order chi connectivity index (χ1) is 20.3. The number of pyridine rings is 1. The Labute approximate surface area is 234 Å². The molecular weight excluding hydrogens is 502 g/mol. The van der Waals surface area contributed by atoms with Gasteiger partial charge in [-0.2, -0.15) is 0 Å². The molecule has 0 N–H and O–H groups in total. The number of ether oxygens (including phenoxy) is 1. The maximum absolute atomic E-state index is 14.4. The molecule has 10 rings (SSSR count). The van der Waals surface area contributed by atoms with Crippen molar-refractivity contribution in [3.05, 3.63) is 160 Å². The number of hydrogen-bond donors (Lipinski definition) is 0. The lowest BCUT2D eigenvalue weighted by Gasteiger charge is -2.39. The molecule has 0 saturated heterocycles. The van der Waals surface area contributed by atoms with Crippen molar-refractivity contribution in [2.24, 2.45) is 0 Å². The van der Waals surface area contributed by atoms with Gasteiger partial charge in [0.1, 0.15) is 11.5 Å². The van der Waals surface area contributed by atoms with Crippen molar-refractivity contribution in [2.75, 3.05) is 0 Å². The van der Waals surface area contributed by atoms with E-state index in [4.69, 9.17) is 4.74 Å². The second-order valence-corrected chi connectivity index (χ2v) is 11.2. The van der Waals surface area contributed by atoms with E-state index in [9.17, 15) is 4.79 Å². The van der Waals surface area contributed by atoms with Crippen LogP contribution in [-0.4, -0.2) is 4.40 Å². The van der Waals surface area contributed by atoms with Crippen LogP contribution < -0.4 is 10.3 Å². The highest BCUT2D eigenvalue weighted by Gasteiger charge is 2.51. The van der Waals surface area contributed by atoms with Gasteiger partial charge in [-0.15, -0.1) is 0 Å². The van der Waals surface area contributed by atoms with Gasteiger partial charge in [0.05, 0.1) is 16.4 Å². The second kappa shape index (κ2) is 7.21. The van der Waals surface area contributed by atoms with E-state index in [1.807, 2.05) is 34.7 Å². The molecule has 3 nitrogen and oxygen atoms in total. The molecule has 190 valence electrons. The molecule has 0 unspecified atom stereocenters. The number of benzene rings is 6. The van der Waals surface area contributed by atoms with Gasteiger partial charge >= 0.3 is 0 Å². The van der Waals surface area contributed by atoms with Crippen LogP contribution in [0.15, 0.2) is 132 Å². The third-order valence-corrected chi connectivity index (χ3v) is 9.41. The molecule has 41 heavy (non-hydrogen) atoms. The molecule has 3 heterocycles. The first kappa shape index (κ1) is 21.4. The van der Waals surface area contributed by atoms with Gasteiger partial charge in [0.2, 0.25) is 0 Å². The highest BCUT2D eigenvalue weighted by atomic mass is 16.5. The Morgan fingerprint density at radius 1 is 0.463 bits per heavy atom. The van der Waals surface area contributed by atoms with E-state index in [1.165, 1.54) is 11.1 Å². The molecule has 0 bridgehead atoms. The Balaban J connectivity index is 1.50. The minimum Gasteiger partial charge on any atom is -0.457 e. The summed E-state index contributed by atoms with van der Waals surface area (Å²) in [6.45, 7) is 0. The van der Waals surface area contributed by atoms with Crippen LogP contribution in [0.25, 0.3) is 49.1 Å². The molecule has 0 amide bonds. The molecule has 2 aromatic heterocycles. The molecule has 1 spiro atoms. The van der Waals surface area contributed by atoms with Gasteiger partial charge in [0, 0.05) is 38.2 Å². The van der Waals surface area contributed by atoms with Crippen LogP contribution >= 0.6 is 0 Å². The SMILES string of the molecule is O=c1c2ccccc2c2cccc3c4ccc5c(c4n1c23)-c1ccccc1C51c2ccccc2Oc2ccccc21. The largest absolute Gasteiger partial charge is 0.457 e. The normalized spacial score (nSPS) is 14.3. The summed E-state index contributed by atoms with van der Waals surface area (Å²) in [5.74, 6) is 1.73. The molecule has 8 aromatic rings. The van der Waals surface area contributed by atoms with Crippen LogP contribution in [0.3, 0.4) is 0 Å². The molecule has 1 aliphatic carbocycles. The lowest BCUT2D eigenvalue weighted by molar-refractivity contribution is 0.436. The number of para-hydroxylation sites is 3. The predicted octanol–water partition coefficient (Wildman–Crippen LogP) is 8.67. The van der Waals surface area contributed by atoms with Crippen molar-refractivity contribution in [2.45, 2.75) is 5.41 Å². The standard InChI is InChI=1S/C38H21NO2/c40-37-26-11-2-1-10-22(26)23-13-9-14-24-25-20-21-31-34(36(25)39(37)35(23)24)27-12-3-4-15-28(27)38(31)29-16-5-7-18-32(29)41-33-19-8-6-17-30(33)38/h1-21H. The Hall–Kier alpha value is -5.41. The molecule has 2 aliphatic rings. The topological polar surface area (TPSA) is 30.7 Å². The van der Waals surface area contributed by atoms with Gasteiger partial charge in [-0.05, 0) is 40.3 Å². The zero-order chi connectivity index (χ0) is 26.9. The molecule has 1 aliphatic heterocycles. The molecule has 0 radical (unpaired) electrons. The van der Waals surface area contributed by atoms with E-state index in [0.29, 0.717) is 0 Å². The van der Waals surface area contributed by atoms with Crippen molar-refractivity contribution in [3.63, 3.8) is 0 Å². The van der Waals surface area contributed by atoms with E-state index >= 15 is 0 Å². The number of fused-ring (bicyclic) bond motifs is 15. The van der Waals surface area contributed by atoms with Crippen molar-refractivity contribution in [1.82, 2.24) is 4.40 Å². The molecule has 6 aromatic carbocycles. The summed E-state index contributed by atoms with van der Waals surface area (Å²) in [5, 5.41) is 5.05. The van der Waals surface area contributed by atoms with Crippen LogP contribution in [0, 0.1) is 0 Å². The van der Waals surface area contributed by atoms with Crippen LogP contribution in [0.1, 0.15) is 22.3 Å². The molecule has 3 heteroatoms. The van der Waals surface area contributed by atoms with Gasteiger partial charge < -0.3 is 4.74 Å². The van der Waals surface area contributed by atoms with E-state index < -0.39 is 5.41 Å². The monoisotopic (exact) mass is 523 g/mol. The molecular formula is C38H21NO2. The van der Waals surface area contributed by atoms with E-state index in [2.05, 4.69) is 97.1 Å². The third kappa shape index (κ3) is 2.33. The van der Waals surface area contributed by atoms with Crippen LogP contribution in [0.4, 0.5) is 0 Å². The van der Waals surface area contributed by atoms with Crippen molar-refractivity contribution in [3.8, 4) is 22.6 Å². The maximum Gasteiger partial charge on any atom is 0.263 e. The van der Waals surface area contributed by atoms with Gasteiger partial charge in [0.25, 0.3) is 5.56 Å². The van der Waals surface area contributed by atoms with Gasteiger partial charge in [0.15, 0.2) is 0 Å². The minimum absolute atomic E-state index is 0.0268. The fourth-order valence-electron chi connectivity index (χ4n) is 7.93. The van der Waals surface area contributed by atoms with Crippen LogP contribution in [0.5, 0.6) is 11.5 Å². The Bertz CT molecular complexity index is 2440. The third-order valence-electron chi connectivity index (χ3n) is 9.41. The lowest BCUT2D eigenvalue weighted by Crippen LogP contribution is -2.32. The van der Waals surface area contributed by atoms with Gasteiger partial charge in [-0.1, -0.05) is 109 Å². The average Bonchev–Trinajstić information content (AvgIpc) is 3.52. The summed E-state index contributed by atoms with van der Waals surface area (Å²) in [6, 6.07) is 44.4. The summed E-state index contributed by atoms with van der Waals surface area (Å²) in [4.78, 5) is 14.4. The summed E-state index contributed by atoms with van der Waals surface area (Å²) >= 11 is 0. The Kier molecular flexibility index (Phi) is 3.76. The van der Waals surface area contributed by atoms with E-state index in [-0.39, 0.29) is 5.56 Å². The zero-order valence-corrected chi connectivity index (χ0v) is 21.9. The number of rotatable bonds is 0. The quantitative estimate of drug-likeness (QED) is 0.186. The summed E-state index contributed by atoms with van der Waals surface area (Å²) in [7, 11) is 0. The highest BCUT2D eigenvalue weighted by Crippen LogP contribution is 2.63. The second-order valence-electron chi connectivity index (χ2n) is 11.2. The van der Waals surface area contributed by atoms with E-state index in [1.54, 1.807) is 0 Å². The molecule has 0 atom stereocenters. The zero-order valence-electron chi connectivity index (χ0n) is 21.9. The first-order valence-electron chi connectivity index (χ1n) is 14.0. The number of aromatic nitrogens is 1. The van der Waals surface area contributed by atoms with Crippen molar-refractivity contribution >= 4 is 38.0 Å². The predicted molar refractivity (Wildman–Crippen MR) is 165 cm³/mol. The number of hydrogen-bond acceptors (Lipinski definition) is 2. The van der Waals surface area contributed by atoms with Gasteiger partial charge in [-0.25, -0.2) is 0 Å². The molecule has 0 saturated carbocycles. The Morgan fingerprint density at radius 2 is 1.02 bits per heavy atom. The van der Waals surface area contributed by atoms with Crippen molar-refractivity contribution in [1.29, 1.82) is 0 Å². The van der Waals surface area contributed by atoms with Crippen LogP contribution in [0.2, 0.25) is 0 Å².